The van der Waals surface area contributed by atoms with E-state index in [4.69, 9.17) is 4.74 Å². The van der Waals surface area contributed by atoms with E-state index in [0.717, 1.165) is 19.1 Å². The Morgan fingerprint density at radius 3 is 2.42 bits per heavy atom. The van der Waals surface area contributed by atoms with Gasteiger partial charge in [-0.3, -0.25) is 13.9 Å². The van der Waals surface area contributed by atoms with Crippen LogP contribution in [-0.2, 0) is 14.8 Å². The highest BCUT2D eigenvalue weighted by molar-refractivity contribution is 7.92. The van der Waals surface area contributed by atoms with E-state index < -0.39 is 15.9 Å². The number of sulfonamides is 1. The van der Waals surface area contributed by atoms with Gasteiger partial charge in [-0.2, -0.15) is 0 Å². The Balaban J connectivity index is 1.69. The molecular weight excluding hydrogens is 418 g/mol. The molecule has 2 aromatic carbocycles. The van der Waals surface area contributed by atoms with E-state index in [1.54, 1.807) is 55.5 Å². The lowest BCUT2D eigenvalue weighted by atomic mass is 10.1. The number of hydrogen-bond donors (Lipinski definition) is 2. The minimum Gasteiger partial charge on any atom is -0.376 e. The number of amides is 2. The van der Waals surface area contributed by atoms with E-state index >= 15 is 0 Å². The second-order valence-corrected chi connectivity index (χ2v) is 9.23. The third kappa shape index (κ3) is 5.83. The Morgan fingerprint density at radius 2 is 1.81 bits per heavy atom. The molecule has 0 spiro atoms. The van der Waals surface area contributed by atoms with Crippen molar-refractivity contribution in [2.75, 3.05) is 35.6 Å². The van der Waals surface area contributed by atoms with E-state index in [-0.39, 0.29) is 12.0 Å². The zero-order valence-corrected chi connectivity index (χ0v) is 18.4. The van der Waals surface area contributed by atoms with Gasteiger partial charge in [-0.05, 0) is 56.2 Å². The summed E-state index contributed by atoms with van der Waals surface area (Å²) in [4.78, 5) is 25.3. The minimum atomic E-state index is -3.40. The van der Waals surface area contributed by atoms with Crippen LogP contribution < -0.4 is 14.9 Å². The van der Waals surface area contributed by atoms with Gasteiger partial charge in [0.05, 0.1) is 29.3 Å². The maximum absolute atomic E-state index is 12.7. The molecule has 0 saturated carbocycles. The fourth-order valence-electron chi connectivity index (χ4n) is 3.48. The lowest BCUT2D eigenvalue weighted by Crippen LogP contribution is -2.32. The fraction of sp³-hybridized carbons (Fsp3) is 0.364. The van der Waals surface area contributed by atoms with Crippen LogP contribution in [0.5, 0.6) is 0 Å². The van der Waals surface area contributed by atoms with Crippen molar-refractivity contribution in [3.05, 3.63) is 59.7 Å². The van der Waals surface area contributed by atoms with Crippen molar-refractivity contribution in [1.29, 1.82) is 0 Å². The number of nitrogens with one attached hydrogen (secondary N) is 2. The Bertz CT molecular complexity index is 1030. The first-order chi connectivity index (χ1) is 14.8. The number of nitrogens with zero attached hydrogens (tertiary/aromatic N) is 1. The highest BCUT2D eigenvalue weighted by Gasteiger charge is 2.19. The van der Waals surface area contributed by atoms with Gasteiger partial charge in [0.25, 0.3) is 11.8 Å². The molecule has 1 unspecified atom stereocenters. The molecule has 2 N–H and O–H groups in total. The molecule has 166 valence electrons. The normalized spacial score (nSPS) is 16.0. The standard InChI is InChI=1S/C22H27N3O5S/c1-3-25(31(2,28)29)17-12-10-16(11-13-17)21(26)24-20-9-5-4-8-19(20)22(27)23-15-18-7-6-14-30-18/h4-5,8-13,18H,3,6-7,14-15H2,1-2H3,(H,23,27)(H,24,26). The number of carbonyl (C=O) groups excluding carboxylic acids is 2. The summed E-state index contributed by atoms with van der Waals surface area (Å²) in [5.74, 6) is -0.679. The number of ether oxygens (including phenoxy) is 1. The number of benzene rings is 2. The molecule has 0 radical (unpaired) electrons. The predicted molar refractivity (Wildman–Crippen MR) is 120 cm³/mol. The minimum absolute atomic E-state index is 0.0267. The molecule has 2 amide bonds. The molecule has 9 heteroatoms. The molecule has 8 nitrogen and oxygen atoms in total. The van der Waals surface area contributed by atoms with Crippen molar-refractivity contribution >= 4 is 33.2 Å². The average molecular weight is 446 g/mol. The maximum atomic E-state index is 12.7. The third-order valence-electron chi connectivity index (χ3n) is 5.04. The summed E-state index contributed by atoms with van der Waals surface area (Å²) in [5.41, 5.74) is 1.59. The molecular formula is C22H27N3O5S. The molecule has 31 heavy (non-hydrogen) atoms. The number of para-hydroxylation sites is 1. The van der Waals surface area contributed by atoms with Crippen molar-refractivity contribution in [2.24, 2.45) is 0 Å². The van der Waals surface area contributed by atoms with Crippen LogP contribution >= 0.6 is 0 Å². The van der Waals surface area contributed by atoms with E-state index in [9.17, 15) is 18.0 Å². The molecule has 1 fully saturated rings. The first kappa shape index (κ1) is 22.8. The summed E-state index contributed by atoms with van der Waals surface area (Å²) in [6, 6.07) is 13.1. The van der Waals surface area contributed by atoms with Crippen molar-refractivity contribution < 1.29 is 22.7 Å². The van der Waals surface area contributed by atoms with E-state index in [0.29, 0.717) is 42.2 Å². The Morgan fingerprint density at radius 1 is 1.10 bits per heavy atom. The summed E-state index contributed by atoms with van der Waals surface area (Å²) in [6.45, 7) is 3.17. The van der Waals surface area contributed by atoms with Crippen molar-refractivity contribution in [1.82, 2.24) is 5.32 Å². The fourth-order valence-corrected chi connectivity index (χ4v) is 4.45. The van der Waals surface area contributed by atoms with Crippen LogP contribution in [0.1, 0.15) is 40.5 Å². The molecule has 1 aliphatic heterocycles. The van der Waals surface area contributed by atoms with Crippen LogP contribution in [0.15, 0.2) is 48.5 Å². The largest absolute Gasteiger partial charge is 0.376 e. The zero-order valence-electron chi connectivity index (χ0n) is 17.6. The first-order valence-corrected chi connectivity index (χ1v) is 12.0. The highest BCUT2D eigenvalue weighted by atomic mass is 32.2. The SMILES string of the molecule is CCN(c1ccc(C(=O)Nc2ccccc2C(=O)NCC2CCCO2)cc1)S(C)(=O)=O. The number of anilines is 2. The van der Waals surface area contributed by atoms with Gasteiger partial charge in [0.2, 0.25) is 10.0 Å². The van der Waals surface area contributed by atoms with Crippen molar-refractivity contribution in [3.8, 4) is 0 Å². The topological polar surface area (TPSA) is 105 Å². The Kier molecular flexibility index (Phi) is 7.29. The second-order valence-electron chi connectivity index (χ2n) is 7.32. The van der Waals surface area contributed by atoms with Gasteiger partial charge in [0.15, 0.2) is 0 Å². The smallest absolute Gasteiger partial charge is 0.255 e. The van der Waals surface area contributed by atoms with E-state index in [2.05, 4.69) is 10.6 Å². The number of hydrogen-bond acceptors (Lipinski definition) is 5. The van der Waals surface area contributed by atoms with Crippen LogP contribution in [0.25, 0.3) is 0 Å². The van der Waals surface area contributed by atoms with Crippen LogP contribution in [0, 0.1) is 0 Å². The van der Waals surface area contributed by atoms with Crippen LogP contribution in [0.4, 0.5) is 11.4 Å². The number of rotatable bonds is 8. The van der Waals surface area contributed by atoms with Gasteiger partial charge in [-0.15, -0.1) is 0 Å². The summed E-state index contributed by atoms with van der Waals surface area (Å²) in [6.07, 6.45) is 3.08. The molecule has 1 aliphatic rings. The molecule has 1 saturated heterocycles. The van der Waals surface area contributed by atoms with Gasteiger partial charge in [0, 0.05) is 25.3 Å². The molecule has 3 rings (SSSR count). The highest BCUT2D eigenvalue weighted by Crippen LogP contribution is 2.20. The van der Waals surface area contributed by atoms with Crippen LogP contribution in [0.3, 0.4) is 0 Å². The summed E-state index contributed by atoms with van der Waals surface area (Å²) in [5, 5.41) is 5.62. The van der Waals surface area contributed by atoms with Crippen LogP contribution in [-0.4, -0.2) is 52.3 Å². The van der Waals surface area contributed by atoms with E-state index in [1.165, 1.54) is 4.31 Å². The average Bonchev–Trinajstić information content (AvgIpc) is 3.26. The molecule has 1 heterocycles. The Hall–Kier alpha value is -2.91. The Labute approximate surface area is 182 Å². The summed E-state index contributed by atoms with van der Waals surface area (Å²) < 4.78 is 30.5. The van der Waals surface area contributed by atoms with Gasteiger partial charge in [-0.1, -0.05) is 12.1 Å². The lowest BCUT2D eigenvalue weighted by molar-refractivity contribution is 0.0858. The third-order valence-corrected chi connectivity index (χ3v) is 6.31. The van der Waals surface area contributed by atoms with Crippen molar-refractivity contribution in [3.63, 3.8) is 0 Å². The molecule has 0 aromatic heterocycles. The molecule has 0 bridgehead atoms. The number of carbonyl (C=O) groups is 2. The predicted octanol–water partition coefficient (Wildman–Crippen LogP) is 2.63. The lowest BCUT2D eigenvalue weighted by Gasteiger charge is -2.20. The summed E-state index contributed by atoms with van der Waals surface area (Å²) in [7, 11) is -3.40. The second kappa shape index (κ2) is 9.93. The monoisotopic (exact) mass is 445 g/mol. The van der Waals surface area contributed by atoms with E-state index in [1.807, 2.05) is 0 Å². The summed E-state index contributed by atoms with van der Waals surface area (Å²) >= 11 is 0. The quantitative estimate of drug-likeness (QED) is 0.650. The van der Waals surface area contributed by atoms with Crippen LogP contribution in [0.2, 0.25) is 0 Å². The molecule has 1 atom stereocenters. The van der Waals surface area contributed by atoms with Gasteiger partial charge in [0.1, 0.15) is 0 Å². The van der Waals surface area contributed by atoms with Gasteiger partial charge in [-0.25, -0.2) is 8.42 Å². The van der Waals surface area contributed by atoms with Gasteiger partial charge < -0.3 is 15.4 Å². The van der Waals surface area contributed by atoms with Gasteiger partial charge >= 0.3 is 0 Å². The van der Waals surface area contributed by atoms with Crippen molar-refractivity contribution in [2.45, 2.75) is 25.9 Å². The molecule has 2 aromatic rings. The zero-order chi connectivity index (χ0) is 22.4. The maximum Gasteiger partial charge on any atom is 0.255 e. The molecule has 0 aliphatic carbocycles. The first-order valence-electron chi connectivity index (χ1n) is 10.2.